The van der Waals surface area contributed by atoms with E-state index in [-0.39, 0.29) is 5.78 Å². The van der Waals surface area contributed by atoms with Crippen LogP contribution in [0.3, 0.4) is 0 Å². The molecule has 1 aliphatic rings. The van der Waals surface area contributed by atoms with Gasteiger partial charge in [-0.2, -0.15) is 0 Å². The van der Waals surface area contributed by atoms with E-state index in [2.05, 4.69) is 11.8 Å². The predicted octanol–water partition coefficient (Wildman–Crippen LogP) is 2.61. The molecule has 98 valence electrons. The molecule has 3 heteroatoms. The lowest BCUT2D eigenvalue weighted by molar-refractivity contribution is 0.0897. The molecule has 2 rings (SSSR count). The van der Waals surface area contributed by atoms with E-state index < -0.39 is 0 Å². The maximum absolute atomic E-state index is 12.3. The van der Waals surface area contributed by atoms with E-state index >= 15 is 0 Å². The zero-order chi connectivity index (χ0) is 13.0. The molecule has 1 saturated heterocycles. The average Bonchev–Trinajstić information content (AvgIpc) is 2.41. The van der Waals surface area contributed by atoms with Crippen molar-refractivity contribution in [3.8, 4) is 5.75 Å². The molecular weight excluding hydrogens is 226 g/mol. The number of likely N-dealkylation sites (tertiary alicyclic amines) is 1. The largest absolute Gasteiger partial charge is 0.496 e. The van der Waals surface area contributed by atoms with Crippen molar-refractivity contribution in [2.45, 2.75) is 19.8 Å². The summed E-state index contributed by atoms with van der Waals surface area (Å²) in [7, 11) is 1.61. The quantitative estimate of drug-likeness (QED) is 0.766. The standard InChI is InChI=1S/C15H21NO2/c1-12-7-9-16(10-8-12)11-14(17)13-5-3-4-6-15(13)18-2/h3-6,12H,7-11H2,1-2H3. The molecule has 0 aromatic heterocycles. The van der Waals surface area contributed by atoms with Gasteiger partial charge >= 0.3 is 0 Å². The third-order valence-electron chi connectivity index (χ3n) is 3.65. The maximum Gasteiger partial charge on any atom is 0.180 e. The fourth-order valence-corrected chi connectivity index (χ4v) is 2.38. The molecule has 0 radical (unpaired) electrons. The molecule has 1 aromatic rings. The zero-order valence-corrected chi connectivity index (χ0v) is 11.2. The van der Waals surface area contributed by atoms with Crippen LogP contribution in [-0.2, 0) is 0 Å². The predicted molar refractivity (Wildman–Crippen MR) is 72.2 cm³/mol. The van der Waals surface area contributed by atoms with Crippen LogP contribution in [0.25, 0.3) is 0 Å². The van der Waals surface area contributed by atoms with Crippen LogP contribution in [0.5, 0.6) is 5.75 Å². The van der Waals surface area contributed by atoms with Crippen LogP contribution < -0.4 is 4.74 Å². The molecular formula is C15H21NO2. The summed E-state index contributed by atoms with van der Waals surface area (Å²) in [5, 5.41) is 0. The molecule has 0 saturated carbocycles. The lowest BCUT2D eigenvalue weighted by Gasteiger charge is -2.29. The minimum Gasteiger partial charge on any atom is -0.496 e. The van der Waals surface area contributed by atoms with Gasteiger partial charge in [0.15, 0.2) is 5.78 Å². The molecule has 18 heavy (non-hydrogen) atoms. The Morgan fingerprint density at radius 2 is 2.00 bits per heavy atom. The fraction of sp³-hybridized carbons (Fsp3) is 0.533. The Labute approximate surface area is 109 Å². The van der Waals surface area contributed by atoms with Gasteiger partial charge in [-0.15, -0.1) is 0 Å². The number of ether oxygens (including phenoxy) is 1. The van der Waals surface area contributed by atoms with Crippen LogP contribution in [0.2, 0.25) is 0 Å². The van der Waals surface area contributed by atoms with Gasteiger partial charge in [0.05, 0.1) is 19.2 Å². The third kappa shape index (κ3) is 3.10. The summed E-state index contributed by atoms with van der Waals surface area (Å²) in [6.07, 6.45) is 2.39. The van der Waals surface area contributed by atoms with Gasteiger partial charge in [0.2, 0.25) is 0 Å². The Kier molecular flexibility index (Phi) is 4.37. The highest BCUT2D eigenvalue weighted by atomic mass is 16.5. The highest BCUT2D eigenvalue weighted by Gasteiger charge is 2.20. The molecule has 0 N–H and O–H groups in total. The van der Waals surface area contributed by atoms with Crippen molar-refractivity contribution >= 4 is 5.78 Å². The number of Topliss-reactive ketones (excluding diaryl/α,β-unsaturated/α-hetero) is 1. The highest BCUT2D eigenvalue weighted by Crippen LogP contribution is 2.20. The number of nitrogens with zero attached hydrogens (tertiary/aromatic N) is 1. The number of benzene rings is 1. The van der Waals surface area contributed by atoms with Crippen molar-refractivity contribution in [1.29, 1.82) is 0 Å². The van der Waals surface area contributed by atoms with Crippen LogP contribution in [0, 0.1) is 5.92 Å². The van der Waals surface area contributed by atoms with Gasteiger partial charge in [0.25, 0.3) is 0 Å². The Morgan fingerprint density at radius 1 is 1.33 bits per heavy atom. The zero-order valence-electron chi connectivity index (χ0n) is 11.2. The first-order chi connectivity index (χ1) is 8.70. The van der Waals surface area contributed by atoms with E-state index in [0.29, 0.717) is 17.9 Å². The van der Waals surface area contributed by atoms with E-state index in [1.165, 1.54) is 12.8 Å². The topological polar surface area (TPSA) is 29.5 Å². The van der Waals surface area contributed by atoms with Gasteiger partial charge in [-0.25, -0.2) is 0 Å². The van der Waals surface area contributed by atoms with E-state index in [1.54, 1.807) is 7.11 Å². The second-order valence-corrected chi connectivity index (χ2v) is 5.08. The Morgan fingerprint density at radius 3 is 2.67 bits per heavy atom. The van der Waals surface area contributed by atoms with Crippen LogP contribution in [-0.4, -0.2) is 37.4 Å². The molecule has 1 heterocycles. The van der Waals surface area contributed by atoms with Crippen LogP contribution in [0.1, 0.15) is 30.1 Å². The average molecular weight is 247 g/mol. The Balaban J connectivity index is 1.99. The second kappa shape index (κ2) is 6.01. The summed E-state index contributed by atoms with van der Waals surface area (Å²) in [4.78, 5) is 14.5. The van der Waals surface area contributed by atoms with E-state index in [9.17, 15) is 4.79 Å². The minimum atomic E-state index is 0.155. The summed E-state index contributed by atoms with van der Waals surface area (Å²) in [6, 6.07) is 7.45. The van der Waals surface area contributed by atoms with Crippen LogP contribution in [0.15, 0.2) is 24.3 Å². The van der Waals surface area contributed by atoms with Gasteiger partial charge < -0.3 is 4.74 Å². The second-order valence-electron chi connectivity index (χ2n) is 5.08. The first-order valence-electron chi connectivity index (χ1n) is 6.59. The molecule has 0 spiro atoms. The summed E-state index contributed by atoms with van der Waals surface area (Å²) >= 11 is 0. The first-order valence-corrected chi connectivity index (χ1v) is 6.59. The van der Waals surface area contributed by atoms with Gasteiger partial charge in [-0.3, -0.25) is 9.69 Å². The molecule has 1 aliphatic heterocycles. The smallest absolute Gasteiger partial charge is 0.180 e. The normalized spacial score (nSPS) is 17.7. The number of ketones is 1. The molecule has 0 unspecified atom stereocenters. The number of hydrogen-bond acceptors (Lipinski definition) is 3. The van der Waals surface area contributed by atoms with Crippen LogP contribution in [0.4, 0.5) is 0 Å². The third-order valence-corrected chi connectivity index (χ3v) is 3.65. The molecule has 1 fully saturated rings. The van der Waals surface area contributed by atoms with Crippen molar-refractivity contribution < 1.29 is 9.53 Å². The number of rotatable bonds is 4. The van der Waals surface area contributed by atoms with Crippen molar-refractivity contribution in [3.05, 3.63) is 29.8 Å². The monoisotopic (exact) mass is 247 g/mol. The summed E-state index contributed by atoms with van der Waals surface area (Å²) in [5.74, 6) is 1.62. The van der Waals surface area contributed by atoms with Crippen molar-refractivity contribution in [3.63, 3.8) is 0 Å². The number of para-hydroxylation sites is 1. The lowest BCUT2D eigenvalue weighted by atomic mass is 9.98. The lowest BCUT2D eigenvalue weighted by Crippen LogP contribution is -2.36. The number of carbonyl (C=O) groups is 1. The fourth-order valence-electron chi connectivity index (χ4n) is 2.38. The van der Waals surface area contributed by atoms with Gasteiger partial charge in [0, 0.05) is 0 Å². The maximum atomic E-state index is 12.3. The molecule has 1 aromatic carbocycles. The van der Waals surface area contributed by atoms with Crippen molar-refractivity contribution in [1.82, 2.24) is 4.90 Å². The number of hydrogen-bond donors (Lipinski definition) is 0. The Hall–Kier alpha value is -1.35. The van der Waals surface area contributed by atoms with Crippen molar-refractivity contribution in [2.75, 3.05) is 26.7 Å². The van der Waals surface area contributed by atoms with Crippen molar-refractivity contribution in [2.24, 2.45) is 5.92 Å². The SMILES string of the molecule is COc1ccccc1C(=O)CN1CCC(C)CC1. The van der Waals surface area contributed by atoms with Gasteiger partial charge in [0.1, 0.15) is 5.75 Å². The Bertz CT molecular complexity index is 409. The molecule has 0 aliphatic carbocycles. The van der Waals surface area contributed by atoms with Gasteiger partial charge in [-0.05, 0) is 44.0 Å². The summed E-state index contributed by atoms with van der Waals surface area (Å²) in [5.41, 5.74) is 0.693. The van der Waals surface area contributed by atoms with Gasteiger partial charge in [-0.1, -0.05) is 19.1 Å². The highest BCUT2D eigenvalue weighted by molar-refractivity contribution is 6.00. The van der Waals surface area contributed by atoms with E-state index in [0.717, 1.165) is 19.0 Å². The molecule has 0 atom stereocenters. The minimum absolute atomic E-state index is 0.155. The molecule has 3 nitrogen and oxygen atoms in total. The van der Waals surface area contributed by atoms with Crippen LogP contribution >= 0.6 is 0 Å². The summed E-state index contributed by atoms with van der Waals surface area (Å²) < 4.78 is 5.23. The number of methoxy groups -OCH3 is 1. The van der Waals surface area contributed by atoms with E-state index in [4.69, 9.17) is 4.74 Å². The molecule has 0 amide bonds. The van der Waals surface area contributed by atoms with E-state index in [1.807, 2.05) is 24.3 Å². The number of piperidine rings is 1. The number of carbonyl (C=O) groups excluding carboxylic acids is 1. The first kappa shape index (κ1) is 13.1. The molecule has 0 bridgehead atoms. The summed E-state index contributed by atoms with van der Waals surface area (Å²) in [6.45, 7) is 4.84.